The summed E-state index contributed by atoms with van der Waals surface area (Å²) in [5.41, 5.74) is 9.57. The maximum absolute atomic E-state index is 8.58. The van der Waals surface area contributed by atoms with Crippen LogP contribution in [-0.2, 0) is 16.0 Å². The Morgan fingerprint density at radius 3 is 1.48 bits per heavy atom. The Morgan fingerprint density at radius 2 is 1.26 bits per heavy atom. The normalized spacial score (nSPS) is 8.19. The third-order valence-electron chi connectivity index (χ3n) is 3.78. The van der Waals surface area contributed by atoms with Crippen LogP contribution in [0.4, 0.5) is 0 Å². The fourth-order valence-corrected chi connectivity index (χ4v) is 2.15. The first-order valence-corrected chi connectivity index (χ1v) is 10.7. The zero-order valence-corrected chi connectivity index (χ0v) is 20.6. The number of rotatable bonds is 5. The highest BCUT2D eigenvalue weighted by molar-refractivity contribution is 5.64. The van der Waals surface area contributed by atoms with Crippen LogP contribution >= 0.6 is 0 Å². The molecule has 5 nitrogen and oxygen atoms in total. The molecule has 0 aliphatic rings. The van der Waals surface area contributed by atoms with Gasteiger partial charge in [-0.25, -0.2) is 0 Å². The van der Waals surface area contributed by atoms with Gasteiger partial charge in [0.1, 0.15) is 6.79 Å². The smallest absolute Gasteiger partial charge is 0.204 e. The van der Waals surface area contributed by atoms with E-state index >= 15 is 0 Å². The molecule has 0 fully saturated rings. The van der Waals surface area contributed by atoms with Crippen molar-refractivity contribution in [1.29, 1.82) is 0 Å². The molecule has 4 N–H and O–H groups in total. The van der Waals surface area contributed by atoms with Crippen LogP contribution in [0.5, 0.6) is 0 Å². The molecule has 2 aromatic carbocycles. The first kappa shape index (κ1) is 35.9. The third-order valence-corrected chi connectivity index (χ3v) is 3.78. The first-order chi connectivity index (χ1) is 15.0. The molecule has 0 aliphatic heterocycles. The summed E-state index contributed by atoms with van der Waals surface area (Å²) >= 11 is 0. The number of primary amides is 1. The van der Waals surface area contributed by atoms with E-state index in [9.17, 15) is 0 Å². The largest absolute Gasteiger partial charge is 0.400 e. The number of carbonyl (C=O) groups is 2. The zero-order chi connectivity index (χ0) is 25.1. The van der Waals surface area contributed by atoms with E-state index in [2.05, 4.69) is 82.0 Å². The molecule has 0 bridgehead atoms. The monoisotopic (exact) mass is 435 g/mol. The van der Waals surface area contributed by atoms with Crippen molar-refractivity contribution in [3.8, 4) is 11.1 Å². The van der Waals surface area contributed by atoms with Crippen molar-refractivity contribution in [2.24, 2.45) is 5.73 Å². The van der Waals surface area contributed by atoms with Crippen molar-refractivity contribution in [2.75, 3.05) is 13.7 Å². The molecule has 178 valence electrons. The Balaban J connectivity index is -0.000000218. The molecule has 0 unspecified atom stereocenters. The van der Waals surface area contributed by atoms with Gasteiger partial charge in [0.15, 0.2) is 0 Å². The molecule has 5 heteroatoms. The Morgan fingerprint density at radius 1 is 0.903 bits per heavy atom. The number of unbranched alkanes of at least 4 members (excludes halogenated alkanes) is 1. The number of aliphatic hydroxyl groups is 2. The van der Waals surface area contributed by atoms with Gasteiger partial charge in [0, 0.05) is 13.7 Å². The van der Waals surface area contributed by atoms with Crippen molar-refractivity contribution in [3.63, 3.8) is 0 Å². The first-order valence-electron chi connectivity index (χ1n) is 10.7. The highest BCUT2D eigenvalue weighted by Crippen LogP contribution is 2.23. The number of hydrogen-bond donors (Lipinski definition) is 3. The number of amides is 1. The summed E-state index contributed by atoms with van der Waals surface area (Å²) in [7, 11) is 1.00. The lowest BCUT2D eigenvalue weighted by molar-refractivity contribution is -0.107. The summed E-state index contributed by atoms with van der Waals surface area (Å²) in [5.74, 6) is 0.603. The van der Waals surface area contributed by atoms with Crippen LogP contribution in [0.15, 0.2) is 48.5 Å². The summed E-state index contributed by atoms with van der Waals surface area (Å²) in [4.78, 5) is 16.6. The van der Waals surface area contributed by atoms with Gasteiger partial charge < -0.3 is 20.7 Å². The summed E-state index contributed by atoms with van der Waals surface area (Å²) in [6, 6.07) is 17.7. The second-order valence-electron chi connectivity index (χ2n) is 6.04. The summed E-state index contributed by atoms with van der Waals surface area (Å²) in [6.07, 6.45) is 3.39. The Labute approximate surface area is 190 Å². The van der Waals surface area contributed by atoms with Gasteiger partial charge in [-0.2, -0.15) is 0 Å². The van der Waals surface area contributed by atoms with Crippen LogP contribution in [0.1, 0.15) is 71.4 Å². The minimum atomic E-state index is 0.250. The van der Waals surface area contributed by atoms with E-state index in [1.165, 1.54) is 22.3 Å². The van der Waals surface area contributed by atoms with Crippen molar-refractivity contribution >= 4 is 13.2 Å². The number of benzene rings is 2. The molecule has 1 amide bonds. The standard InChI is InChI=1S/C17H20.C4H10O.C2H6.CH3NO.CH4O.CH2O/c1-4-14-5-7-16(8-6-14)17-11-9-15(10-12-17)13(2)3;1-2-3-4-5;1-2;2-1-3;2*1-2/h5-13H,4H2,1-3H3;5H,2-4H2,1H3;1-2H3;1H,(H2,2,3);2H,1H3;1H2. The number of aryl methyl sites for hydroxylation is 1. The highest BCUT2D eigenvalue weighted by Gasteiger charge is 2.00. The van der Waals surface area contributed by atoms with Crippen molar-refractivity contribution in [1.82, 2.24) is 0 Å². The highest BCUT2D eigenvalue weighted by atomic mass is 16.3. The fourth-order valence-electron chi connectivity index (χ4n) is 2.15. The van der Waals surface area contributed by atoms with Gasteiger partial charge in [0.2, 0.25) is 6.41 Å². The van der Waals surface area contributed by atoms with Crippen molar-refractivity contribution < 1.29 is 19.8 Å². The maximum atomic E-state index is 8.58. The third kappa shape index (κ3) is 20.5. The number of hydrogen-bond acceptors (Lipinski definition) is 4. The van der Waals surface area contributed by atoms with Crippen LogP contribution in [0.25, 0.3) is 11.1 Å². The lowest BCUT2D eigenvalue weighted by Crippen LogP contribution is -1.87. The summed E-state index contributed by atoms with van der Waals surface area (Å²) in [5, 5.41) is 15.1. The van der Waals surface area contributed by atoms with Crippen molar-refractivity contribution in [2.45, 2.75) is 66.7 Å². The van der Waals surface area contributed by atoms with Crippen LogP contribution < -0.4 is 5.73 Å². The van der Waals surface area contributed by atoms with Gasteiger partial charge in [-0.15, -0.1) is 0 Å². The van der Waals surface area contributed by atoms with Gasteiger partial charge >= 0.3 is 0 Å². The van der Waals surface area contributed by atoms with E-state index in [1.807, 2.05) is 20.6 Å². The second-order valence-corrected chi connectivity index (χ2v) is 6.04. The van der Waals surface area contributed by atoms with E-state index in [0.29, 0.717) is 12.5 Å². The van der Waals surface area contributed by atoms with E-state index in [0.717, 1.165) is 26.4 Å². The number of carbonyl (C=O) groups excluding carboxylic acids is 2. The average Bonchev–Trinajstić information content (AvgIpc) is 2.84. The maximum Gasteiger partial charge on any atom is 0.204 e. The molecular formula is C26H45NO4. The molecule has 0 saturated heterocycles. The Hall–Kier alpha value is -2.50. The van der Waals surface area contributed by atoms with Gasteiger partial charge in [0.05, 0.1) is 0 Å². The van der Waals surface area contributed by atoms with Gasteiger partial charge in [-0.3, -0.25) is 4.79 Å². The van der Waals surface area contributed by atoms with E-state index in [1.54, 1.807) is 0 Å². The van der Waals surface area contributed by atoms with Gasteiger partial charge in [-0.1, -0.05) is 96.5 Å². The van der Waals surface area contributed by atoms with E-state index < -0.39 is 0 Å². The molecular weight excluding hydrogens is 390 g/mol. The molecule has 0 heterocycles. The molecule has 2 aromatic rings. The molecule has 2 rings (SSSR count). The summed E-state index contributed by atoms with van der Waals surface area (Å²) in [6.45, 7) is 15.0. The minimum absolute atomic E-state index is 0.250. The van der Waals surface area contributed by atoms with Crippen LogP contribution in [-0.4, -0.2) is 37.1 Å². The van der Waals surface area contributed by atoms with Gasteiger partial charge in [0.25, 0.3) is 0 Å². The minimum Gasteiger partial charge on any atom is -0.400 e. The van der Waals surface area contributed by atoms with Crippen LogP contribution in [0, 0.1) is 0 Å². The zero-order valence-electron chi connectivity index (χ0n) is 20.6. The molecule has 0 atom stereocenters. The molecule has 0 saturated carbocycles. The topological polar surface area (TPSA) is 101 Å². The number of aliphatic hydroxyl groups excluding tert-OH is 2. The predicted molar refractivity (Wildman–Crippen MR) is 134 cm³/mol. The summed E-state index contributed by atoms with van der Waals surface area (Å²) < 4.78 is 0. The fraction of sp³-hybridized carbons (Fsp3) is 0.462. The molecule has 0 aromatic heterocycles. The molecule has 0 radical (unpaired) electrons. The Kier molecular flexibility index (Phi) is 34.4. The van der Waals surface area contributed by atoms with Crippen molar-refractivity contribution in [3.05, 3.63) is 59.7 Å². The van der Waals surface area contributed by atoms with Crippen LogP contribution in [0.2, 0.25) is 0 Å². The number of nitrogens with two attached hydrogens (primary N) is 1. The molecule has 0 aliphatic carbocycles. The predicted octanol–water partition coefficient (Wildman–Crippen LogP) is 5.37. The SMILES string of the molecule is C=O.CC.CCCCO.CCc1ccc(-c2ccc(C(C)C)cc2)cc1.CO.NC=O. The quantitative estimate of drug-likeness (QED) is 0.550. The lowest BCUT2D eigenvalue weighted by Gasteiger charge is -2.07. The van der Waals surface area contributed by atoms with E-state index in [4.69, 9.17) is 19.8 Å². The Bertz CT molecular complexity index is 579. The second kappa shape index (κ2) is 29.7. The van der Waals surface area contributed by atoms with Crippen LogP contribution in [0.3, 0.4) is 0 Å². The average molecular weight is 436 g/mol. The lowest BCUT2D eigenvalue weighted by atomic mass is 9.98. The molecule has 0 spiro atoms. The van der Waals surface area contributed by atoms with Gasteiger partial charge in [-0.05, 0) is 41.0 Å². The molecule has 31 heavy (non-hydrogen) atoms. The van der Waals surface area contributed by atoms with E-state index in [-0.39, 0.29) is 6.41 Å².